The zero-order valence-corrected chi connectivity index (χ0v) is 17.5. The van der Waals surface area contributed by atoms with Crippen LogP contribution in [-0.2, 0) is 26.6 Å². The number of hydrogen-bond donors (Lipinski definition) is 1. The minimum atomic E-state index is -4.16. The lowest BCUT2D eigenvalue weighted by Crippen LogP contribution is -2.14. The number of aromatic nitrogens is 2. The van der Waals surface area contributed by atoms with Gasteiger partial charge in [-0.25, -0.2) is 22.6 Å². The van der Waals surface area contributed by atoms with E-state index >= 15 is 0 Å². The maximum Gasteiger partial charge on any atom is 0.363 e. The number of aryl methyl sites for hydroxylation is 1. The SMILES string of the molecule is Cn1cc(/C=C2/N=C(c3ccc(NS(=O)(=O)c4ccc(Cl)cc4F)cc3)OC2=O)cn1. The van der Waals surface area contributed by atoms with E-state index < -0.39 is 26.7 Å². The van der Waals surface area contributed by atoms with Gasteiger partial charge in [-0.05, 0) is 48.5 Å². The Kier molecular flexibility index (Phi) is 5.34. The van der Waals surface area contributed by atoms with Crippen LogP contribution in [0.5, 0.6) is 0 Å². The van der Waals surface area contributed by atoms with Crippen molar-refractivity contribution in [3.63, 3.8) is 0 Å². The summed E-state index contributed by atoms with van der Waals surface area (Å²) in [5, 5.41) is 4.10. The summed E-state index contributed by atoms with van der Waals surface area (Å²) in [5.74, 6) is -1.49. The molecule has 0 aliphatic carbocycles. The van der Waals surface area contributed by atoms with Gasteiger partial charge in [-0.3, -0.25) is 9.40 Å². The van der Waals surface area contributed by atoms with Crippen molar-refractivity contribution in [1.82, 2.24) is 9.78 Å². The highest BCUT2D eigenvalue weighted by atomic mass is 35.5. The van der Waals surface area contributed by atoms with Gasteiger partial charge in [-0.1, -0.05) is 11.6 Å². The lowest BCUT2D eigenvalue weighted by molar-refractivity contribution is -0.129. The molecule has 0 saturated heterocycles. The summed E-state index contributed by atoms with van der Waals surface area (Å²) < 4.78 is 47.9. The first-order chi connectivity index (χ1) is 14.7. The second-order valence-electron chi connectivity index (χ2n) is 6.54. The van der Waals surface area contributed by atoms with Gasteiger partial charge >= 0.3 is 5.97 Å². The highest BCUT2D eigenvalue weighted by molar-refractivity contribution is 7.92. The molecule has 0 bridgehead atoms. The minimum absolute atomic E-state index is 0.0818. The van der Waals surface area contributed by atoms with Gasteiger partial charge in [0.15, 0.2) is 5.70 Å². The highest BCUT2D eigenvalue weighted by Gasteiger charge is 2.25. The Balaban J connectivity index is 1.54. The third-order valence-electron chi connectivity index (χ3n) is 4.22. The summed E-state index contributed by atoms with van der Waals surface area (Å²) >= 11 is 5.66. The quantitative estimate of drug-likeness (QED) is 0.464. The van der Waals surface area contributed by atoms with E-state index in [4.69, 9.17) is 16.3 Å². The van der Waals surface area contributed by atoms with Crippen LogP contribution in [0, 0.1) is 5.82 Å². The van der Waals surface area contributed by atoms with Crippen LogP contribution >= 0.6 is 11.6 Å². The molecule has 1 N–H and O–H groups in total. The number of rotatable bonds is 5. The second-order valence-corrected chi connectivity index (χ2v) is 8.63. The summed E-state index contributed by atoms with van der Waals surface area (Å²) in [4.78, 5) is 15.7. The molecule has 2 heterocycles. The Hall–Kier alpha value is -3.50. The summed E-state index contributed by atoms with van der Waals surface area (Å²) in [6.07, 6.45) is 4.85. The Labute approximate surface area is 181 Å². The number of aliphatic imine (C=N–C) groups is 1. The number of nitrogens with zero attached hydrogens (tertiary/aromatic N) is 3. The molecule has 0 saturated carbocycles. The number of carbonyl (C=O) groups excluding carboxylic acids is 1. The zero-order chi connectivity index (χ0) is 22.2. The molecule has 0 amide bonds. The lowest BCUT2D eigenvalue weighted by atomic mass is 10.2. The molecule has 1 aromatic heterocycles. The number of carbonyl (C=O) groups is 1. The Morgan fingerprint density at radius 1 is 1.19 bits per heavy atom. The molecule has 0 spiro atoms. The summed E-state index contributed by atoms with van der Waals surface area (Å²) in [5.41, 5.74) is 1.46. The van der Waals surface area contributed by atoms with E-state index in [2.05, 4.69) is 14.8 Å². The third kappa shape index (κ3) is 4.49. The maximum absolute atomic E-state index is 14.0. The molecular formula is C20H14ClFN4O4S. The van der Waals surface area contributed by atoms with E-state index in [-0.39, 0.29) is 22.3 Å². The number of sulfonamides is 1. The number of nitrogens with one attached hydrogen (secondary N) is 1. The first kappa shape index (κ1) is 20.8. The van der Waals surface area contributed by atoms with Gasteiger partial charge in [0.2, 0.25) is 5.90 Å². The van der Waals surface area contributed by atoms with Gasteiger partial charge in [0.25, 0.3) is 10.0 Å². The fraction of sp³-hybridized carbons (Fsp3) is 0.0500. The van der Waals surface area contributed by atoms with E-state index in [1.807, 2.05) is 0 Å². The fourth-order valence-electron chi connectivity index (χ4n) is 2.79. The molecule has 0 radical (unpaired) electrons. The first-order valence-electron chi connectivity index (χ1n) is 8.81. The molecule has 3 aromatic rings. The van der Waals surface area contributed by atoms with Crippen molar-refractivity contribution in [1.29, 1.82) is 0 Å². The van der Waals surface area contributed by atoms with Gasteiger partial charge in [-0.2, -0.15) is 5.10 Å². The molecular weight excluding hydrogens is 447 g/mol. The average Bonchev–Trinajstić information content (AvgIpc) is 3.27. The summed E-state index contributed by atoms with van der Waals surface area (Å²) in [6.45, 7) is 0. The number of ether oxygens (including phenoxy) is 1. The molecule has 31 heavy (non-hydrogen) atoms. The van der Waals surface area contributed by atoms with Crippen LogP contribution in [0.15, 0.2) is 70.4 Å². The second kappa shape index (κ2) is 7.97. The smallest absolute Gasteiger partial charge is 0.363 e. The molecule has 158 valence electrons. The van der Waals surface area contributed by atoms with Crippen molar-refractivity contribution in [2.45, 2.75) is 4.90 Å². The van der Waals surface area contributed by atoms with Gasteiger partial charge < -0.3 is 4.74 Å². The summed E-state index contributed by atoms with van der Waals surface area (Å²) in [6, 6.07) is 9.22. The number of esters is 1. The van der Waals surface area contributed by atoms with Crippen molar-refractivity contribution in [3.05, 3.63) is 82.5 Å². The number of anilines is 1. The average molecular weight is 461 g/mol. The van der Waals surface area contributed by atoms with Crippen LogP contribution in [0.2, 0.25) is 5.02 Å². The van der Waals surface area contributed by atoms with E-state index in [1.54, 1.807) is 30.2 Å². The van der Waals surface area contributed by atoms with E-state index in [0.29, 0.717) is 11.1 Å². The Morgan fingerprint density at radius 2 is 1.94 bits per heavy atom. The molecule has 2 aromatic carbocycles. The monoisotopic (exact) mass is 460 g/mol. The predicted molar refractivity (Wildman–Crippen MR) is 112 cm³/mol. The van der Waals surface area contributed by atoms with Crippen LogP contribution in [0.4, 0.5) is 10.1 Å². The molecule has 11 heteroatoms. The first-order valence-corrected chi connectivity index (χ1v) is 10.7. The van der Waals surface area contributed by atoms with Crippen LogP contribution in [-0.4, -0.2) is 30.1 Å². The number of cyclic esters (lactones) is 1. The highest BCUT2D eigenvalue weighted by Crippen LogP contribution is 2.23. The molecule has 0 fully saturated rings. The van der Waals surface area contributed by atoms with Crippen LogP contribution in [0.3, 0.4) is 0 Å². The fourth-order valence-corrected chi connectivity index (χ4v) is 4.07. The van der Waals surface area contributed by atoms with Crippen molar-refractivity contribution in [3.8, 4) is 0 Å². The molecule has 0 unspecified atom stereocenters. The van der Waals surface area contributed by atoms with Gasteiger partial charge in [0.05, 0.1) is 6.20 Å². The molecule has 1 aliphatic heterocycles. The number of hydrogen-bond acceptors (Lipinski definition) is 6. The largest absolute Gasteiger partial charge is 0.402 e. The lowest BCUT2D eigenvalue weighted by Gasteiger charge is -2.09. The van der Waals surface area contributed by atoms with Crippen LogP contribution in [0.25, 0.3) is 6.08 Å². The topological polar surface area (TPSA) is 103 Å². The molecule has 4 rings (SSSR count). The van der Waals surface area contributed by atoms with Crippen molar-refractivity contribution in [2.75, 3.05) is 4.72 Å². The van der Waals surface area contributed by atoms with Crippen LogP contribution < -0.4 is 4.72 Å². The van der Waals surface area contributed by atoms with Gasteiger partial charge in [0, 0.05) is 35.1 Å². The summed E-state index contributed by atoms with van der Waals surface area (Å²) in [7, 11) is -2.41. The minimum Gasteiger partial charge on any atom is -0.402 e. The number of benzene rings is 2. The van der Waals surface area contributed by atoms with Gasteiger partial charge in [-0.15, -0.1) is 0 Å². The van der Waals surface area contributed by atoms with Crippen LogP contribution in [0.1, 0.15) is 11.1 Å². The van der Waals surface area contributed by atoms with Gasteiger partial charge in [0.1, 0.15) is 10.7 Å². The standard InChI is InChI=1S/C20H14ClFN4O4S/c1-26-11-12(10-23-26)8-17-20(27)30-19(24-17)13-2-5-15(6-3-13)25-31(28,29)18-7-4-14(21)9-16(18)22/h2-11,25H,1H3/b17-8+. The molecule has 0 atom stereocenters. The van der Waals surface area contributed by atoms with E-state index in [1.165, 1.54) is 30.3 Å². The van der Waals surface area contributed by atoms with E-state index in [0.717, 1.165) is 12.1 Å². The van der Waals surface area contributed by atoms with Crippen molar-refractivity contribution >= 4 is 45.3 Å². The maximum atomic E-state index is 14.0. The van der Waals surface area contributed by atoms with Crippen molar-refractivity contribution in [2.24, 2.45) is 12.0 Å². The molecule has 8 nitrogen and oxygen atoms in total. The predicted octanol–water partition coefficient (Wildman–Crippen LogP) is 3.36. The Bertz CT molecular complexity index is 1350. The third-order valence-corrected chi connectivity index (χ3v) is 5.87. The molecule has 1 aliphatic rings. The van der Waals surface area contributed by atoms with E-state index in [9.17, 15) is 17.6 Å². The number of halogens is 2. The zero-order valence-electron chi connectivity index (χ0n) is 15.9. The van der Waals surface area contributed by atoms with Crippen molar-refractivity contribution < 1.29 is 22.3 Å². The normalized spacial score (nSPS) is 15.1. The Morgan fingerprint density at radius 3 is 2.58 bits per heavy atom.